The Balaban J connectivity index is 2.69. The summed E-state index contributed by atoms with van der Waals surface area (Å²) in [4.78, 5) is 17.1. The normalized spacial score (nSPS) is 12.9. The highest BCUT2D eigenvalue weighted by Crippen LogP contribution is 2.42. The van der Waals surface area contributed by atoms with Gasteiger partial charge in [0, 0.05) is 0 Å². The highest BCUT2D eigenvalue weighted by atomic mass is 31.2. The topological polar surface area (TPSA) is 77.8 Å². The third-order valence-corrected chi connectivity index (χ3v) is 2.44. The fourth-order valence-corrected chi connectivity index (χ4v) is 1.27. The minimum absolute atomic E-state index is 0.303. The van der Waals surface area contributed by atoms with Crippen molar-refractivity contribution in [2.24, 2.45) is 0 Å². The van der Waals surface area contributed by atoms with Crippen molar-refractivity contribution in [3.63, 3.8) is 0 Å². The molecule has 0 radical (unpaired) electrons. The standard InChI is InChI=1S/C9H11O4P/c10-9(14(11,12)13)7-6-8-4-2-1-3-5-8/h1-5,7,10H,6H2,(H2,11,12,13)/b9-7-. The molecule has 1 aromatic carbocycles. The molecule has 0 bridgehead atoms. The van der Waals surface area contributed by atoms with Gasteiger partial charge in [0.25, 0.3) is 0 Å². The van der Waals surface area contributed by atoms with Crippen molar-refractivity contribution in [3.05, 3.63) is 47.5 Å². The van der Waals surface area contributed by atoms with Gasteiger partial charge in [-0.1, -0.05) is 30.3 Å². The third kappa shape index (κ3) is 3.34. The molecule has 0 aliphatic heterocycles. The van der Waals surface area contributed by atoms with Crippen LogP contribution in [0, 0.1) is 0 Å². The second-order valence-corrected chi connectivity index (χ2v) is 4.34. The molecule has 0 saturated heterocycles. The van der Waals surface area contributed by atoms with E-state index in [4.69, 9.17) is 14.9 Å². The van der Waals surface area contributed by atoms with Crippen molar-refractivity contribution in [3.8, 4) is 0 Å². The molecule has 0 heterocycles. The second kappa shape index (κ2) is 4.42. The lowest BCUT2D eigenvalue weighted by molar-refractivity contribution is 0.336. The first kappa shape index (κ1) is 11.0. The molecule has 4 nitrogen and oxygen atoms in total. The van der Waals surface area contributed by atoms with Crippen LogP contribution in [-0.2, 0) is 11.0 Å². The summed E-state index contributed by atoms with van der Waals surface area (Å²) in [5.41, 5.74) is 0.00820. The Morgan fingerprint density at radius 2 is 1.86 bits per heavy atom. The van der Waals surface area contributed by atoms with Gasteiger partial charge in [0.1, 0.15) is 0 Å². The van der Waals surface area contributed by atoms with Gasteiger partial charge in [-0.2, -0.15) is 0 Å². The van der Waals surface area contributed by atoms with Crippen LogP contribution in [0.5, 0.6) is 0 Å². The Hall–Kier alpha value is -1.09. The molecule has 0 atom stereocenters. The van der Waals surface area contributed by atoms with Crippen LogP contribution in [0.15, 0.2) is 41.9 Å². The van der Waals surface area contributed by atoms with Crippen molar-refractivity contribution < 1.29 is 19.5 Å². The Morgan fingerprint density at radius 1 is 1.29 bits per heavy atom. The van der Waals surface area contributed by atoms with Crippen LogP contribution in [0.3, 0.4) is 0 Å². The fraction of sp³-hybridized carbons (Fsp3) is 0.111. The molecule has 0 aromatic heterocycles. The van der Waals surface area contributed by atoms with E-state index in [1.165, 1.54) is 0 Å². The zero-order valence-electron chi connectivity index (χ0n) is 7.37. The molecule has 3 N–H and O–H groups in total. The molecule has 5 heteroatoms. The van der Waals surface area contributed by atoms with Gasteiger partial charge in [0.15, 0.2) is 0 Å². The Bertz CT molecular complexity index is 366. The van der Waals surface area contributed by atoms with E-state index in [1.54, 1.807) is 0 Å². The molecule has 0 aliphatic rings. The lowest BCUT2D eigenvalue weighted by Crippen LogP contribution is -1.86. The van der Waals surface area contributed by atoms with Crippen molar-refractivity contribution in [2.45, 2.75) is 6.42 Å². The summed E-state index contributed by atoms with van der Waals surface area (Å²) >= 11 is 0. The van der Waals surface area contributed by atoms with Crippen LogP contribution in [0.2, 0.25) is 0 Å². The summed E-state index contributed by atoms with van der Waals surface area (Å²) in [6, 6.07) is 9.10. The van der Waals surface area contributed by atoms with Crippen molar-refractivity contribution in [1.29, 1.82) is 0 Å². The van der Waals surface area contributed by atoms with Crippen LogP contribution in [0.1, 0.15) is 5.56 Å². The summed E-state index contributed by atoms with van der Waals surface area (Å²) in [5, 5.41) is 8.95. The zero-order chi connectivity index (χ0) is 10.6. The maximum absolute atomic E-state index is 10.5. The summed E-state index contributed by atoms with van der Waals surface area (Å²) in [7, 11) is -4.48. The summed E-state index contributed by atoms with van der Waals surface area (Å²) in [6.45, 7) is 0. The number of hydrogen-bond acceptors (Lipinski definition) is 2. The van der Waals surface area contributed by atoms with Gasteiger partial charge in [-0.05, 0) is 18.1 Å². The van der Waals surface area contributed by atoms with E-state index in [0.29, 0.717) is 6.42 Å². The number of aliphatic hydroxyl groups is 1. The van der Waals surface area contributed by atoms with Crippen LogP contribution < -0.4 is 0 Å². The molecule has 0 amide bonds. The minimum atomic E-state index is -4.48. The number of rotatable bonds is 3. The predicted molar refractivity (Wildman–Crippen MR) is 52.9 cm³/mol. The Labute approximate surface area is 81.7 Å². The first-order valence-electron chi connectivity index (χ1n) is 3.99. The molecule has 1 aromatic rings. The third-order valence-electron chi connectivity index (χ3n) is 1.66. The van der Waals surface area contributed by atoms with Gasteiger partial charge >= 0.3 is 7.60 Å². The molecule has 0 unspecified atom stereocenters. The molecule has 0 saturated carbocycles. The van der Waals surface area contributed by atoms with E-state index in [-0.39, 0.29) is 0 Å². The van der Waals surface area contributed by atoms with Gasteiger partial charge in [-0.15, -0.1) is 0 Å². The van der Waals surface area contributed by atoms with Crippen LogP contribution in [0.4, 0.5) is 0 Å². The summed E-state index contributed by atoms with van der Waals surface area (Å²) in [5.74, 6) is 0. The Kier molecular flexibility index (Phi) is 3.47. The van der Waals surface area contributed by atoms with Gasteiger partial charge < -0.3 is 14.9 Å². The van der Waals surface area contributed by atoms with Gasteiger partial charge in [0.2, 0.25) is 5.50 Å². The van der Waals surface area contributed by atoms with E-state index < -0.39 is 13.1 Å². The lowest BCUT2D eigenvalue weighted by atomic mass is 10.2. The molecule has 0 fully saturated rings. The molecule has 14 heavy (non-hydrogen) atoms. The molecule has 76 valence electrons. The molecular weight excluding hydrogens is 203 g/mol. The van der Waals surface area contributed by atoms with Gasteiger partial charge in [-0.25, -0.2) is 0 Å². The monoisotopic (exact) mass is 214 g/mol. The van der Waals surface area contributed by atoms with E-state index in [2.05, 4.69) is 0 Å². The highest BCUT2D eigenvalue weighted by Gasteiger charge is 2.18. The van der Waals surface area contributed by atoms with E-state index in [9.17, 15) is 4.57 Å². The number of aliphatic hydroxyl groups excluding tert-OH is 1. The van der Waals surface area contributed by atoms with Crippen molar-refractivity contribution in [1.82, 2.24) is 0 Å². The van der Waals surface area contributed by atoms with Crippen LogP contribution >= 0.6 is 7.60 Å². The first-order chi connectivity index (χ1) is 6.50. The van der Waals surface area contributed by atoms with Gasteiger partial charge in [-0.3, -0.25) is 4.57 Å². The zero-order valence-corrected chi connectivity index (χ0v) is 8.26. The second-order valence-electron chi connectivity index (χ2n) is 2.80. The maximum atomic E-state index is 10.5. The summed E-state index contributed by atoms with van der Waals surface area (Å²) < 4.78 is 10.5. The largest absolute Gasteiger partial charge is 0.501 e. The fourth-order valence-electron chi connectivity index (χ4n) is 0.942. The highest BCUT2D eigenvalue weighted by molar-refractivity contribution is 7.56. The van der Waals surface area contributed by atoms with Crippen LogP contribution in [0.25, 0.3) is 0 Å². The van der Waals surface area contributed by atoms with Gasteiger partial charge in [0.05, 0.1) is 0 Å². The van der Waals surface area contributed by atoms with Crippen molar-refractivity contribution in [2.75, 3.05) is 0 Å². The molecular formula is C9H11O4P. The first-order valence-corrected chi connectivity index (χ1v) is 5.60. The SMILES string of the molecule is O=P(O)(O)/C(O)=C\Cc1ccccc1. The van der Waals surface area contributed by atoms with E-state index >= 15 is 0 Å². The number of benzene rings is 1. The quantitative estimate of drug-likeness (QED) is 0.529. The lowest BCUT2D eigenvalue weighted by Gasteiger charge is -2.01. The summed E-state index contributed by atoms with van der Waals surface area (Å²) in [6.07, 6.45) is 1.42. The Morgan fingerprint density at radius 3 is 2.36 bits per heavy atom. The average molecular weight is 214 g/mol. The van der Waals surface area contributed by atoms with Crippen LogP contribution in [-0.4, -0.2) is 14.9 Å². The molecule has 1 rings (SSSR count). The predicted octanol–water partition coefficient (Wildman–Crippen LogP) is 1.81. The minimum Gasteiger partial charge on any atom is -0.501 e. The number of allylic oxidation sites excluding steroid dienone is 1. The smallest absolute Gasteiger partial charge is 0.389 e. The molecule has 0 spiro atoms. The maximum Gasteiger partial charge on any atom is 0.389 e. The van der Waals surface area contributed by atoms with Crippen molar-refractivity contribution >= 4 is 7.60 Å². The number of hydrogen-bond donors (Lipinski definition) is 3. The average Bonchev–Trinajstić information content (AvgIpc) is 2.14. The molecule has 0 aliphatic carbocycles. The van der Waals surface area contributed by atoms with E-state index in [0.717, 1.165) is 11.6 Å². The van der Waals surface area contributed by atoms with E-state index in [1.807, 2.05) is 30.3 Å².